The molecule has 1 aromatic carbocycles. The topological polar surface area (TPSA) is 12.0 Å². The number of hydrogen-bond acceptors (Lipinski definition) is 1. The highest BCUT2D eigenvalue weighted by Gasteiger charge is 2.15. The van der Waals surface area contributed by atoms with Gasteiger partial charge in [0.2, 0.25) is 0 Å². The molecule has 0 amide bonds. The molecule has 120 valence electrons. The van der Waals surface area contributed by atoms with Gasteiger partial charge in [-0.15, -0.1) is 0 Å². The van der Waals surface area contributed by atoms with Crippen LogP contribution in [0.15, 0.2) is 28.7 Å². The smallest absolute Gasteiger partial charge is 0.0177 e. The number of benzene rings is 1. The molecule has 0 saturated carbocycles. The summed E-state index contributed by atoms with van der Waals surface area (Å²) in [6, 6.07) is 8.79. The van der Waals surface area contributed by atoms with Gasteiger partial charge in [0.15, 0.2) is 0 Å². The summed E-state index contributed by atoms with van der Waals surface area (Å²) in [5.41, 5.74) is 1.46. The highest BCUT2D eigenvalue weighted by Crippen LogP contribution is 2.24. The van der Waals surface area contributed by atoms with Crippen molar-refractivity contribution in [2.75, 3.05) is 13.1 Å². The maximum Gasteiger partial charge on any atom is 0.0177 e. The maximum absolute atomic E-state index is 3.59. The van der Waals surface area contributed by atoms with Crippen LogP contribution < -0.4 is 5.32 Å². The lowest BCUT2D eigenvalue weighted by atomic mass is 9.85. The van der Waals surface area contributed by atoms with E-state index in [0.29, 0.717) is 0 Å². The van der Waals surface area contributed by atoms with Gasteiger partial charge in [-0.3, -0.25) is 0 Å². The maximum atomic E-state index is 3.59. The van der Waals surface area contributed by atoms with E-state index in [2.05, 4.69) is 66.3 Å². The summed E-state index contributed by atoms with van der Waals surface area (Å²) in [5, 5.41) is 3.56. The average Bonchev–Trinajstić information content (AvgIpc) is 2.48. The van der Waals surface area contributed by atoms with Gasteiger partial charge in [-0.1, -0.05) is 74.5 Å². The van der Waals surface area contributed by atoms with Crippen molar-refractivity contribution in [3.8, 4) is 0 Å². The monoisotopic (exact) mass is 353 g/mol. The Morgan fingerprint density at radius 2 is 1.95 bits per heavy atom. The van der Waals surface area contributed by atoms with E-state index < -0.39 is 0 Å². The summed E-state index contributed by atoms with van der Waals surface area (Å²) in [7, 11) is 0. The van der Waals surface area contributed by atoms with Crippen molar-refractivity contribution in [1.29, 1.82) is 0 Å². The van der Waals surface area contributed by atoms with Gasteiger partial charge in [0.05, 0.1) is 0 Å². The Kier molecular flexibility index (Phi) is 10.0. The molecular formula is C19H32BrN. The van der Waals surface area contributed by atoms with Crippen molar-refractivity contribution >= 4 is 15.9 Å². The lowest BCUT2D eigenvalue weighted by Crippen LogP contribution is -2.26. The van der Waals surface area contributed by atoms with Gasteiger partial charge >= 0.3 is 0 Å². The Bertz CT molecular complexity index is 378. The minimum absolute atomic E-state index is 0.751. The quantitative estimate of drug-likeness (QED) is 0.528. The van der Waals surface area contributed by atoms with Gasteiger partial charge in [-0.25, -0.2) is 0 Å². The second-order valence-corrected chi connectivity index (χ2v) is 7.08. The third-order valence-corrected chi connectivity index (χ3v) is 4.80. The predicted octanol–water partition coefficient (Wildman–Crippen LogP) is 5.82. The Balaban J connectivity index is 2.61. The molecule has 0 aromatic heterocycles. The van der Waals surface area contributed by atoms with Crippen LogP contribution >= 0.6 is 15.9 Å². The lowest BCUT2D eigenvalue weighted by molar-refractivity contribution is 0.326. The molecule has 1 nitrogen and oxygen atoms in total. The fraction of sp³-hybridized carbons (Fsp3) is 0.684. The summed E-state index contributed by atoms with van der Waals surface area (Å²) in [5.74, 6) is 1.64. The third kappa shape index (κ3) is 8.01. The van der Waals surface area contributed by atoms with Crippen LogP contribution in [0.4, 0.5) is 0 Å². The first-order valence-corrected chi connectivity index (χ1v) is 9.43. The summed E-state index contributed by atoms with van der Waals surface area (Å²) in [4.78, 5) is 0. The van der Waals surface area contributed by atoms with Gasteiger partial charge in [-0.05, 0) is 55.5 Å². The highest BCUT2D eigenvalue weighted by atomic mass is 79.9. The molecule has 0 aliphatic heterocycles. The minimum atomic E-state index is 0.751. The fourth-order valence-electron chi connectivity index (χ4n) is 3.04. The molecule has 21 heavy (non-hydrogen) atoms. The molecule has 0 aliphatic rings. The summed E-state index contributed by atoms with van der Waals surface area (Å²) < 4.78 is 1.19. The third-order valence-electron chi connectivity index (χ3n) is 4.31. The second kappa shape index (κ2) is 11.3. The van der Waals surface area contributed by atoms with Crippen molar-refractivity contribution in [3.05, 3.63) is 34.3 Å². The van der Waals surface area contributed by atoms with E-state index >= 15 is 0 Å². The van der Waals surface area contributed by atoms with Crippen molar-refractivity contribution < 1.29 is 0 Å². The van der Waals surface area contributed by atoms with Gasteiger partial charge < -0.3 is 5.32 Å². The average molecular weight is 354 g/mol. The molecule has 0 aliphatic carbocycles. The zero-order valence-corrected chi connectivity index (χ0v) is 15.6. The SMILES string of the molecule is CCCCC(CC)CC(CNCC)Cc1cccc(Br)c1. The van der Waals surface area contributed by atoms with E-state index in [0.717, 1.165) is 24.9 Å². The van der Waals surface area contributed by atoms with Gasteiger partial charge in [0.1, 0.15) is 0 Å². The molecule has 1 N–H and O–H groups in total. The molecule has 2 unspecified atom stereocenters. The lowest BCUT2D eigenvalue weighted by Gasteiger charge is -2.23. The van der Waals surface area contributed by atoms with E-state index in [1.165, 1.54) is 48.6 Å². The van der Waals surface area contributed by atoms with Crippen molar-refractivity contribution in [3.63, 3.8) is 0 Å². The van der Waals surface area contributed by atoms with E-state index in [1.807, 2.05) is 0 Å². The zero-order chi connectivity index (χ0) is 15.5. The highest BCUT2D eigenvalue weighted by molar-refractivity contribution is 9.10. The van der Waals surface area contributed by atoms with E-state index in [9.17, 15) is 0 Å². The molecule has 0 radical (unpaired) electrons. The standard InChI is InChI=1S/C19H32BrN/c1-4-7-9-16(5-2)12-18(15-21-6-3)13-17-10-8-11-19(20)14-17/h8,10-11,14,16,18,21H,4-7,9,12-13,15H2,1-3H3. The predicted molar refractivity (Wildman–Crippen MR) is 97.8 cm³/mol. The Morgan fingerprint density at radius 1 is 1.14 bits per heavy atom. The van der Waals surface area contributed by atoms with E-state index in [1.54, 1.807) is 0 Å². The van der Waals surface area contributed by atoms with Crippen molar-refractivity contribution in [2.45, 2.75) is 59.3 Å². The Labute approximate surface area is 140 Å². The first kappa shape index (κ1) is 18.7. The van der Waals surface area contributed by atoms with Crippen LogP contribution in [0.2, 0.25) is 0 Å². The summed E-state index contributed by atoms with van der Waals surface area (Å²) >= 11 is 3.59. The molecule has 1 rings (SSSR count). The van der Waals surface area contributed by atoms with Crippen LogP contribution in [-0.4, -0.2) is 13.1 Å². The van der Waals surface area contributed by atoms with Crippen LogP contribution in [0.5, 0.6) is 0 Å². The van der Waals surface area contributed by atoms with Gasteiger partial charge in [0.25, 0.3) is 0 Å². The molecule has 0 heterocycles. The molecule has 2 heteroatoms. The molecule has 1 aromatic rings. The number of unbranched alkanes of at least 4 members (excludes halogenated alkanes) is 1. The Morgan fingerprint density at radius 3 is 2.57 bits per heavy atom. The molecular weight excluding hydrogens is 322 g/mol. The number of rotatable bonds is 11. The number of hydrogen-bond donors (Lipinski definition) is 1. The zero-order valence-electron chi connectivity index (χ0n) is 14.0. The van der Waals surface area contributed by atoms with Gasteiger partial charge in [0, 0.05) is 4.47 Å². The molecule has 0 bridgehead atoms. The van der Waals surface area contributed by atoms with Crippen molar-refractivity contribution in [2.24, 2.45) is 11.8 Å². The summed E-state index contributed by atoms with van der Waals surface area (Å²) in [6.07, 6.45) is 7.96. The summed E-state index contributed by atoms with van der Waals surface area (Å²) in [6.45, 7) is 9.06. The van der Waals surface area contributed by atoms with Crippen LogP contribution in [-0.2, 0) is 6.42 Å². The molecule has 0 saturated heterocycles. The molecule has 0 spiro atoms. The largest absolute Gasteiger partial charge is 0.317 e. The van der Waals surface area contributed by atoms with Crippen LogP contribution in [0.3, 0.4) is 0 Å². The number of halogens is 1. The molecule has 0 fully saturated rings. The minimum Gasteiger partial charge on any atom is -0.317 e. The second-order valence-electron chi connectivity index (χ2n) is 6.16. The van der Waals surface area contributed by atoms with Crippen LogP contribution in [0, 0.1) is 11.8 Å². The van der Waals surface area contributed by atoms with E-state index in [4.69, 9.17) is 0 Å². The van der Waals surface area contributed by atoms with Gasteiger partial charge in [-0.2, -0.15) is 0 Å². The normalized spacial score (nSPS) is 14.1. The Hall–Kier alpha value is -0.340. The number of nitrogens with one attached hydrogen (secondary N) is 1. The molecule has 2 atom stereocenters. The van der Waals surface area contributed by atoms with Crippen LogP contribution in [0.1, 0.15) is 58.4 Å². The van der Waals surface area contributed by atoms with Crippen molar-refractivity contribution in [1.82, 2.24) is 5.32 Å². The fourth-order valence-corrected chi connectivity index (χ4v) is 3.48. The van der Waals surface area contributed by atoms with Crippen LogP contribution in [0.25, 0.3) is 0 Å². The first-order chi connectivity index (χ1) is 10.2. The van der Waals surface area contributed by atoms with E-state index in [-0.39, 0.29) is 0 Å². The first-order valence-electron chi connectivity index (χ1n) is 8.64.